The first-order chi connectivity index (χ1) is 18.4. The Kier molecular flexibility index (Phi) is 5.75. The molecule has 1 amide bonds. The molecule has 4 aliphatic rings. The second-order valence-corrected chi connectivity index (χ2v) is 11.3. The first-order valence-corrected chi connectivity index (χ1v) is 13.1. The molecule has 2 aromatic carbocycles. The number of phenolic OH excluding ortho intramolecular Hbond substituents is 1. The van der Waals surface area contributed by atoms with Crippen LogP contribution in [-0.2, 0) is 16.6 Å². The Morgan fingerprint density at radius 1 is 1.28 bits per heavy atom. The molecule has 7 nitrogen and oxygen atoms in total. The summed E-state index contributed by atoms with van der Waals surface area (Å²) in [6.07, 6.45) is -0.850. The van der Waals surface area contributed by atoms with E-state index in [9.17, 15) is 28.2 Å². The van der Waals surface area contributed by atoms with Crippen LogP contribution in [0.2, 0.25) is 0 Å². The van der Waals surface area contributed by atoms with E-state index in [4.69, 9.17) is 4.74 Å². The summed E-state index contributed by atoms with van der Waals surface area (Å²) in [6.45, 7) is 2.76. The SMILES string of the molecule is C[C@H]1C[C@@H](N(C)C(=O)C=Cc2cccc(OC(F)(F)F)c2)[C@@H]2Oc3c(O)ccc4c3[C@@]23CCN(C)[C@H](C4)[C@]13O. The second kappa shape index (κ2) is 8.63. The van der Waals surface area contributed by atoms with Gasteiger partial charge >= 0.3 is 6.36 Å². The number of halogens is 3. The Morgan fingerprint density at radius 2 is 2.05 bits per heavy atom. The minimum absolute atomic E-state index is 0.0264. The number of rotatable bonds is 4. The summed E-state index contributed by atoms with van der Waals surface area (Å²) >= 11 is 0. The maximum Gasteiger partial charge on any atom is 0.573 e. The number of aliphatic hydroxyl groups is 1. The molecule has 0 unspecified atom stereocenters. The molecule has 208 valence electrons. The van der Waals surface area contributed by atoms with Gasteiger partial charge in [0.05, 0.1) is 17.1 Å². The van der Waals surface area contributed by atoms with Crippen molar-refractivity contribution in [2.24, 2.45) is 5.92 Å². The van der Waals surface area contributed by atoms with E-state index in [0.29, 0.717) is 30.6 Å². The Bertz CT molecular complexity index is 1360. The third-order valence-electron chi connectivity index (χ3n) is 9.48. The maximum absolute atomic E-state index is 13.4. The van der Waals surface area contributed by atoms with Crippen molar-refractivity contribution in [1.29, 1.82) is 0 Å². The van der Waals surface area contributed by atoms with Crippen molar-refractivity contribution >= 4 is 12.0 Å². The minimum atomic E-state index is -4.81. The number of hydrogen-bond acceptors (Lipinski definition) is 6. The van der Waals surface area contributed by atoms with Crippen LogP contribution >= 0.6 is 0 Å². The van der Waals surface area contributed by atoms with Crippen LogP contribution in [0.1, 0.15) is 36.5 Å². The molecule has 0 aromatic heterocycles. The first-order valence-electron chi connectivity index (χ1n) is 13.1. The number of alkyl halides is 3. The fraction of sp³-hybridized carbons (Fsp3) is 0.483. The van der Waals surface area contributed by atoms with E-state index in [1.165, 1.54) is 30.4 Å². The van der Waals surface area contributed by atoms with Gasteiger partial charge in [-0.15, -0.1) is 13.2 Å². The maximum atomic E-state index is 13.4. The number of carbonyl (C=O) groups excluding carboxylic acids is 1. The lowest BCUT2D eigenvalue weighted by Gasteiger charge is -2.66. The highest BCUT2D eigenvalue weighted by Gasteiger charge is 2.75. The van der Waals surface area contributed by atoms with E-state index in [1.54, 1.807) is 24.1 Å². The van der Waals surface area contributed by atoms with Crippen LogP contribution in [0.15, 0.2) is 42.5 Å². The number of benzene rings is 2. The molecule has 6 atom stereocenters. The highest BCUT2D eigenvalue weighted by atomic mass is 19.4. The molecule has 1 saturated heterocycles. The van der Waals surface area contributed by atoms with Gasteiger partial charge in [-0.2, -0.15) is 0 Å². The first kappa shape index (κ1) is 26.0. The number of nitrogens with zero attached hydrogens (tertiary/aromatic N) is 2. The van der Waals surface area contributed by atoms with Crippen LogP contribution < -0.4 is 9.47 Å². The third-order valence-corrected chi connectivity index (χ3v) is 9.48. The molecule has 10 heteroatoms. The number of aromatic hydroxyl groups is 1. The standard InChI is InChI=1S/C29H31F3N2O5/c1-16-13-20(34(3)23(36)10-7-17-5-4-6-19(14-17)39-29(30,31)32)26-27-11-12-33(2)22(28(16,27)37)15-18-8-9-21(35)25(38-26)24(18)27/h4-10,14,16,20,22,26,35,37H,11-13,15H2,1-3H3/t16-,20+,22+,26-,27-,28+/m0/s1. The lowest BCUT2D eigenvalue weighted by Crippen LogP contribution is -2.80. The zero-order chi connectivity index (χ0) is 27.9. The monoisotopic (exact) mass is 544 g/mol. The second-order valence-electron chi connectivity index (χ2n) is 11.3. The van der Waals surface area contributed by atoms with Crippen molar-refractivity contribution in [1.82, 2.24) is 9.80 Å². The van der Waals surface area contributed by atoms with Crippen LogP contribution in [0.25, 0.3) is 6.08 Å². The Balaban J connectivity index is 1.33. The van der Waals surface area contributed by atoms with Crippen molar-refractivity contribution in [2.75, 3.05) is 20.6 Å². The molecule has 6 rings (SSSR count). The van der Waals surface area contributed by atoms with E-state index < -0.39 is 29.5 Å². The Morgan fingerprint density at radius 3 is 2.79 bits per heavy atom. The zero-order valence-corrected chi connectivity index (χ0v) is 21.9. The van der Waals surface area contributed by atoms with Crippen molar-refractivity contribution < 1.29 is 37.7 Å². The summed E-state index contributed by atoms with van der Waals surface area (Å²) in [5.74, 6) is -0.464. The molecule has 2 fully saturated rings. The fourth-order valence-electron chi connectivity index (χ4n) is 7.78. The summed E-state index contributed by atoms with van der Waals surface area (Å²) in [5, 5.41) is 23.3. The molecule has 2 N–H and O–H groups in total. The van der Waals surface area contributed by atoms with Gasteiger partial charge in [0.15, 0.2) is 11.5 Å². The molecule has 2 aromatic rings. The van der Waals surface area contributed by atoms with E-state index in [0.717, 1.165) is 17.7 Å². The van der Waals surface area contributed by atoms with E-state index >= 15 is 0 Å². The van der Waals surface area contributed by atoms with E-state index in [2.05, 4.69) is 9.64 Å². The highest BCUT2D eigenvalue weighted by Crippen LogP contribution is 2.66. The number of piperidine rings is 1. The summed E-state index contributed by atoms with van der Waals surface area (Å²) in [7, 11) is 3.71. The average Bonchev–Trinajstić information content (AvgIpc) is 3.22. The van der Waals surface area contributed by atoms with Crippen LogP contribution in [0.5, 0.6) is 17.2 Å². The number of likely N-dealkylation sites (N-methyl/N-ethyl adjacent to an activating group) is 2. The van der Waals surface area contributed by atoms with Gasteiger partial charge < -0.3 is 29.5 Å². The Hall–Kier alpha value is -3.24. The molecular weight excluding hydrogens is 513 g/mol. The lowest BCUT2D eigenvalue weighted by atomic mass is 9.45. The molecular formula is C29H31F3N2O5. The van der Waals surface area contributed by atoms with Crippen LogP contribution in [0.3, 0.4) is 0 Å². The molecule has 0 radical (unpaired) electrons. The van der Waals surface area contributed by atoms with Crippen molar-refractivity contribution in [3.63, 3.8) is 0 Å². The van der Waals surface area contributed by atoms with Crippen LogP contribution in [0, 0.1) is 5.92 Å². The van der Waals surface area contributed by atoms with Crippen LogP contribution in [-0.4, -0.2) is 76.7 Å². The number of likely N-dealkylation sites (tertiary alicyclic amines) is 1. The fourth-order valence-corrected chi connectivity index (χ4v) is 7.78. The van der Waals surface area contributed by atoms with Crippen molar-refractivity contribution in [3.05, 3.63) is 59.2 Å². The Labute approximate surface area is 224 Å². The molecule has 1 saturated carbocycles. The normalized spacial score (nSPS) is 33.0. The van der Waals surface area contributed by atoms with E-state index in [-0.39, 0.29) is 29.4 Å². The largest absolute Gasteiger partial charge is 0.573 e. The molecule has 2 bridgehead atoms. The van der Waals surface area contributed by atoms with E-state index in [1.807, 2.05) is 20.0 Å². The minimum Gasteiger partial charge on any atom is -0.504 e. The number of amides is 1. The summed E-state index contributed by atoms with van der Waals surface area (Å²) in [5.41, 5.74) is 0.414. The molecule has 1 spiro atoms. The zero-order valence-electron chi connectivity index (χ0n) is 21.9. The molecule has 2 aliphatic carbocycles. The number of hydrogen-bond donors (Lipinski definition) is 2. The smallest absolute Gasteiger partial charge is 0.504 e. The van der Waals surface area contributed by atoms with Gasteiger partial charge in [0.25, 0.3) is 0 Å². The third kappa shape index (κ3) is 3.67. The van der Waals surface area contributed by atoms with Crippen molar-refractivity contribution in [2.45, 2.75) is 61.8 Å². The van der Waals surface area contributed by atoms with Gasteiger partial charge in [-0.1, -0.05) is 25.1 Å². The predicted molar refractivity (Wildman–Crippen MR) is 136 cm³/mol. The number of carbonyl (C=O) groups is 1. The molecule has 39 heavy (non-hydrogen) atoms. The number of ether oxygens (including phenoxy) is 2. The van der Waals surface area contributed by atoms with Gasteiger partial charge in [0, 0.05) is 24.7 Å². The summed E-state index contributed by atoms with van der Waals surface area (Å²) in [6, 6.07) is 8.43. The lowest BCUT2D eigenvalue weighted by molar-refractivity contribution is -0.274. The topological polar surface area (TPSA) is 82.5 Å². The summed E-state index contributed by atoms with van der Waals surface area (Å²) in [4.78, 5) is 17.2. The quantitative estimate of drug-likeness (QED) is 0.569. The van der Waals surface area contributed by atoms with Crippen molar-refractivity contribution in [3.8, 4) is 17.2 Å². The van der Waals surface area contributed by atoms with Gasteiger partial charge in [0.1, 0.15) is 11.9 Å². The molecule has 2 heterocycles. The van der Waals surface area contributed by atoms with Gasteiger partial charge in [0.2, 0.25) is 5.91 Å². The predicted octanol–water partition coefficient (Wildman–Crippen LogP) is 3.86. The molecule has 2 aliphatic heterocycles. The van der Waals surface area contributed by atoms with Gasteiger partial charge in [-0.25, -0.2) is 0 Å². The highest BCUT2D eigenvalue weighted by molar-refractivity contribution is 5.92. The van der Waals surface area contributed by atoms with Gasteiger partial charge in [-0.3, -0.25) is 4.79 Å². The number of phenols is 1. The average molecular weight is 545 g/mol. The summed E-state index contributed by atoms with van der Waals surface area (Å²) < 4.78 is 48.3. The van der Waals surface area contributed by atoms with Crippen LogP contribution in [0.4, 0.5) is 13.2 Å². The van der Waals surface area contributed by atoms with Gasteiger partial charge in [-0.05, 0) is 74.2 Å².